The van der Waals surface area contributed by atoms with Crippen LogP contribution in [0.5, 0.6) is 0 Å². The molecule has 1 heterocycles. The predicted octanol–water partition coefficient (Wildman–Crippen LogP) is 3.69. The number of rotatable bonds is 8. The van der Waals surface area contributed by atoms with E-state index in [0.717, 1.165) is 22.3 Å². The minimum atomic E-state index is -1.35. The second-order valence-corrected chi connectivity index (χ2v) is 9.55. The van der Waals surface area contributed by atoms with Crippen molar-refractivity contribution in [2.75, 3.05) is 26.4 Å². The number of carbonyl (C=O) groups is 3. The number of ether oxygens (including phenoxy) is 2. The second-order valence-electron chi connectivity index (χ2n) is 9.55. The molecule has 1 aliphatic heterocycles. The van der Waals surface area contributed by atoms with Crippen molar-refractivity contribution in [2.24, 2.45) is 5.41 Å². The van der Waals surface area contributed by atoms with Crippen LogP contribution in [0.2, 0.25) is 0 Å². The molecule has 186 valence electrons. The van der Waals surface area contributed by atoms with Gasteiger partial charge in [-0.1, -0.05) is 55.5 Å². The van der Waals surface area contributed by atoms with Crippen LogP contribution in [-0.4, -0.2) is 55.0 Å². The van der Waals surface area contributed by atoms with Crippen LogP contribution in [0.1, 0.15) is 50.2 Å². The summed E-state index contributed by atoms with van der Waals surface area (Å²) in [4.78, 5) is 37.6. The minimum absolute atomic E-state index is 0.0260. The van der Waals surface area contributed by atoms with Gasteiger partial charge in [-0.2, -0.15) is 0 Å². The van der Waals surface area contributed by atoms with Gasteiger partial charge in [-0.25, -0.2) is 9.59 Å². The summed E-state index contributed by atoms with van der Waals surface area (Å²) in [6.45, 7) is 4.29. The molecule has 0 aromatic heterocycles. The summed E-state index contributed by atoms with van der Waals surface area (Å²) in [5.74, 6) is -1.54. The van der Waals surface area contributed by atoms with Crippen LogP contribution in [-0.2, 0) is 19.1 Å². The Morgan fingerprint density at radius 2 is 1.63 bits per heavy atom. The van der Waals surface area contributed by atoms with Crippen LogP contribution in [0.25, 0.3) is 11.1 Å². The van der Waals surface area contributed by atoms with Gasteiger partial charge in [-0.05, 0) is 35.6 Å². The number of carboxylic acid groups (broad SMARTS) is 1. The molecule has 1 unspecified atom stereocenters. The minimum Gasteiger partial charge on any atom is -0.480 e. The molecule has 2 amide bonds. The first-order valence-electron chi connectivity index (χ1n) is 12.0. The first kappa shape index (κ1) is 24.7. The number of aliphatic carboxylic acids is 1. The molecule has 2 aromatic carbocycles. The van der Waals surface area contributed by atoms with Crippen LogP contribution in [0, 0.1) is 5.41 Å². The van der Waals surface area contributed by atoms with E-state index in [2.05, 4.69) is 22.8 Å². The fourth-order valence-corrected chi connectivity index (χ4v) is 4.76. The summed E-state index contributed by atoms with van der Waals surface area (Å²) >= 11 is 0. The first-order valence-corrected chi connectivity index (χ1v) is 12.0. The van der Waals surface area contributed by atoms with Gasteiger partial charge in [-0.15, -0.1) is 0 Å². The third-order valence-electron chi connectivity index (χ3n) is 7.40. The third-order valence-corrected chi connectivity index (χ3v) is 7.40. The SMILES string of the molecule is CCC(C)(CNC(=O)OCC1c2ccccc2-c2ccccc21)C(=O)NC1(C(=O)O)CCOCC1. The predicted molar refractivity (Wildman–Crippen MR) is 130 cm³/mol. The van der Waals surface area contributed by atoms with E-state index in [1.54, 1.807) is 6.92 Å². The summed E-state index contributed by atoms with van der Waals surface area (Å²) in [5.41, 5.74) is 2.19. The van der Waals surface area contributed by atoms with Gasteiger partial charge in [0.2, 0.25) is 5.91 Å². The van der Waals surface area contributed by atoms with Crippen LogP contribution in [0.3, 0.4) is 0 Å². The molecule has 0 spiro atoms. The van der Waals surface area contributed by atoms with Crippen molar-refractivity contribution in [3.63, 3.8) is 0 Å². The summed E-state index contributed by atoms with van der Waals surface area (Å²) in [5, 5.41) is 15.2. The van der Waals surface area contributed by atoms with Crippen molar-refractivity contribution in [2.45, 2.75) is 44.6 Å². The first-order chi connectivity index (χ1) is 16.8. The molecule has 8 nitrogen and oxygen atoms in total. The van der Waals surface area contributed by atoms with Crippen LogP contribution >= 0.6 is 0 Å². The van der Waals surface area contributed by atoms with Crippen molar-refractivity contribution in [3.8, 4) is 11.1 Å². The van der Waals surface area contributed by atoms with E-state index in [1.807, 2.05) is 43.3 Å². The summed E-state index contributed by atoms with van der Waals surface area (Å²) in [6, 6.07) is 16.2. The number of hydrogen-bond acceptors (Lipinski definition) is 5. The molecule has 1 atom stereocenters. The van der Waals surface area contributed by atoms with E-state index in [4.69, 9.17) is 9.47 Å². The zero-order chi connectivity index (χ0) is 25.1. The fourth-order valence-electron chi connectivity index (χ4n) is 4.76. The highest BCUT2D eigenvalue weighted by atomic mass is 16.5. The number of amides is 2. The average Bonchev–Trinajstić information content (AvgIpc) is 3.20. The van der Waals surface area contributed by atoms with Gasteiger partial charge in [0.15, 0.2) is 0 Å². The lowest BCUT2D eigenvalue weighted by atomic mass is 9.83. The maximum atomic E-state index is 13.1. The fraction of sp³-hybridized carbons (Fsp3) is 0.444. The lowest BCUT2D eigenvalue weighted by Crippen LogP contribution is -2.61. The van der Waals surface area contributed by atoms with Gasteiger partial charge < -0.3 is 25.2 Å². The molecule has 2 aromatic rings. The summed E-state index contributed by atoms with van der Waals surface area (Å²) in [7, 11) is 0. The number of hydrogen-bond donors (Lipinski definition) is 3. The molecule has 35 heavy (non-hydrogen) atoms. The normalized spacial score (nSPS) is 18.0. The Kier molecular flexibility index (Phi) is 7.12. The molecular weight excluding hydrogens is 448 g/mol. The maximum Gasteiger partial charge on any atom is 0.407 e. The van der Waals surface area contributed by atoms with E-state index in [0.29, 0.717) is 6.42 Å². The molecule has 8 heteroatoms. The molecule has 0 radical (unpaired) electrons. The van der Waals surface area contributed by atoms with E-state index < -0.39 is 28.9 Å². The van der Waals surface area contributed by atoms with E-state index in [-0.39, 0.29) is 45.1 Å². The molecule has 0 bridgehead atoms. The van der Waals surface area contributed by atoms with Crippen molar-refractivity contribution < 1.29 is 29.0 Å². The molecule has 1 aliphatic carbocycles. The van der Waals surface area contributed by atoms with Gasteiger partial charge in [0.1, 0.15) is 12.1 Å². The molecule has 0 saturated carbocycles. The Bertz CT molecular complexity index is 1060. The molecule has 3 N–H and O–H groups in total. The lowest BCUT2D eigenvalue weighted by Gasteiger charge is -2.37. The summed E-state index contributed by atoms with van der Waals surface area (Å²) in [6.07, 6.45) is 0.203. The number of nitrogens with one attached hydrogen (secondary N) is 2. The zero-order valence-electron chi connectivity index (χ0n) is 20.1. The van der Waals surface area contributed by atoms with Gasteiger partial charge in [0.05, 0.1) is 5.41 Å². The highest BCUT2D eigenvalue weighted by molar-refractivity contribution is 5.90. The number of benzene rings is 2. The van der Waals surface area contributed by atoms with Crippen molar-refractivity contribution in [1.82, 2.24) is 10.6 Å². The zero-order valence-corrected chi connectivity index (χ0v) is 20.1. The van der Waals surface area contributed by atoms with Crippen molar-refractivity contribution in [3.05, 3.63) is 59.7 Å². The second kappa shape index (κ2) is 10.1. The Morgan fingerprint density at radius 1 is 1.06 bits per heavy atom. The number of carbonyl (C=O) groups excluding carboxylic acids is 2. The largest absolute Gasteiger partial charge is 0.480 e. The van der Waals surface area contributed by atoms with E-state index in [1.165, 1.54) is 0 Å². The van der Waals surface area contributed by atoms with Crippen LogP contribution in [0.4, 0.5) is 4.79 Å². The van der Waals surface area contributed by atoms with E-state index >= 15 is 0 Å². The van der Waals surface area contributed by atoms with Gasteiger partial charge in [0.25, 0.3) is 0 Å². The lowest BCUT2D eigenvalue weighted by molar-refractivity contribution is -0.154. The number of carboxylic acids is 1. The smallest absolute Gasteiger partial charge is 0.407 e. The molecule has 2 aliphatic rings. The number of alkyl carbamates (subject to hydrolysis) is 1. The third kappa shape index (κ3) is 4.89. The topological polar surface area (TPSA) is 114 Å². The van der Waals surface area contributed by atoms with E-state index in [9.17, 15) is 19.5 Å². The Morgan fingerprint density at radius 3 is 2.17 bits per heavy atom. The Balaban J connectivity index is 1.37. The molecular formula is C27H32N2O6. The monoisotopic (exact) mass is 480 g/mol. The van der Waals surface area contributed by atoms with Crippen molar-refractivity contribution >= 4 is 18.0 Å². The molecule has 1 saturated heterocycles. The Labute approximate surface area is 205 Å². The highest BCUT2D eigenvalue weighted by Gasteiger charge is 2.45. The van der Waals surface area contributed by atoms with Crippen molar-refractivity contribution in [1.29, 1.82) is 0 Å². The molecule has 1 fully saturated rings. The number of fused-ring (bicyclic) bond motifs is 3. The van der Waals surface area contributed by atoms with Crippen LogP contribution in [0.15, 0.2) is 48.5 Å². The summed E-state index contributed by atoms with van der Waals surface area (Å²) < 4.78 is 10.8. The van der Waals surface area contributed by atoms with Gasteiger partial charge in [-0.3, -0.25) is 4.79 Å². The maximum absolute atomic E-state index is 13.1. The highest BCUT2D eigenvalue weighted by Crippen LogP contribution is 2.44. The van der Waals surface area contributed by atoms with Crippen LogP contribution < -0.4 is 10.6 Å². The van der Waals surface area contributed by atoms with Gasteiger partial charge >= 0.3 is 12.1 Å². The quantitative estimate of drug-likeness (QED) is 0.531. The van der Waals surface area contributed by atoms with Gasteiger partial charge in [0, 0.05) is 38.5 Å². The molecule has 4 rings (SSSR count). The standard InChI is InChI=1S/C27H32N2O6/c1-3-26(2,23(30)29-27(24(31)32)12-14-34-15-13-27)17-28-25(33)35-16-22-20-10-6-4-8-18(20)19-9-5-7-11-21(19)22/h4-11,22H,3,12-17H2,1-2H3,(H,28,33)(H,29,30)(H,31,32). The Hall–Kier alpha value is -3.39. The average molecular weight is 481 g/mol.